The zero-order valence-corrected chi connectivity index (χ0v) is 14.7. The summed E-state index contributed by atoms with van der Waals surface area (Å²) in [7, 11) is -3.85. The van der Waals surface area contributed by atoms with Gasteiger partial charge in [-0.05, 0) is 37.3 Å². The molecule has 0 bridgehead atoms. The van der Waals surface area contributed by atoms with Gasteiger partial charge in [-0.2, -0.15) is 0 Å². The predicted molar refractivity (Wildman–Crippen MR) is 94.9 cm³/mol. The van der Waals surface area contributed by atoms with E-state index < -0.39 is 32.7 Å². The van der Waals surface area contributed by atoms with Crippen LogP contribution in [0.15, 0.2) is 48.5 Å². The first-order chi connectivity index (χ1) is 12.1. The summed E-state index contributed by atoms with van der Waals surface area (Å²) in [6, 6.07) is 8.74. The minimum absolute atomic E-state index is 0.121. The normalized spacial score (nSPS) is 12.3. The maximum atomic E-state index is 13.1. The number of rotatable bonds is 6. The number of nitro benzene ring substituents is 1. The second-order valence-electron chi connectivity index (χ2n) is 5.51. The summed E-state index contributed by atoms with van der Waals surface area (Å²) in [4.78, 5) is 22.6. The fourth-order valence-electron chi connectivity index (χ4n) is 2.34. The van der Waals surface area contributed by atoms with Gasteiger partial charge in [-0.1, -0.05) is 6.07 Å². The van der Waals surface area contributed by atoms with Crippen LogP contribution in [0, 0.1) is 15.9 Å². The molecule has 8 nitrogen and oxygen atoms in total. The quantitative estimate of drug-likeness (QED) is 0.611. The molecule has 1 amide bonds. The fourth-order valence-corrected chi connectivity index (χ4v) is 3.52. The van der Waals surface area contributed by atoms with Crippen molar-refractivity contribution in [3.05, 3.63) is 64.5 Å². The lowest BCUT2D eigenvalue weighted by Gasteiger charge is -2.28. The van der Waals surface area contributed by atoms with Gasteiger partial charge in [0.1, 0.15) is 11.9 Å². The summed E-state index contributed by atoms with van der Waals surface area (Å²) in [6.07, 6.45) is 0.924. The molecule has 10 heteroatoms. The van der Waals surface area contributed by atoms with Crippen LogP contribution in [0.4, 0.5) is 21.5 Å². The van der Waals surface area contributed by atoms with Crippen molar-refractivity contribution >= 4 is 33.0 Å². The average Bonchev–Trinajstić information content (AvgIpc) is 2.55. The highest BCUT2D eigenvalue weighted by Crippen LogP contribution is 2.23. The highest BCUT2D eigenvalue weighted by Gasteiger charge is 2.29. The van der Waals surface area contributed by atoms with Crippen LogP contribution >= 0.6 is 0 Å². The molecule has 0 saturated heterocycles. The molecule has 0 heterocycles. The molecular formula is C16H16FN3O5S. The molecule has 2 aromatic rings. The largest absolute Gasteiger partial charge is 0.324 e. The van der Waals surface area contributed by atoms with E-state index in [0.29, 0.717) is 0 Å². The third-order valence-corrected chi connectivity index (χ3v) is 4.74. The van der Waals surface area contributed by atoms with Crippen LogP contribution in [-0.4, -0.2) is 31.5 Å². The Bertz CT molecular complexity index is 931. The van der Waals surface area contributed by atoms with Crippen molar-refractivity contribution in [2.24, 2.45) is 0 Å². The number of carbonyl (C=O) groups is 1. The van der Waals surface area contributed by atoms with Crippen molar-refractivity contribution in [2.45, 2.75) is 13.0 Å². The first-order valence-electron chi connectivity index (χ1n) is 7.40. The Morgan fingerprint density at radius 1 is 1.23 bits per heavy atom. The summed E-state index contributed by atoms with van der Waals surface area (Å²) < 4.78 is 38.2. The van der Waals surface area contributed by atoms with Crippen LogP contribution in [0.5, 0.6) is 0 Å². The molecule has 0 spiro atoms. The third kappa shape index (κ3) is 4.54. The second kappa shape index (κ2) is 7.48. The van der Waals surface area contributed by atoms with Crippen molar-refractivity contribution in [3.8, 4) is 0 Å². The van der Waals surface area contributed by atoms with E-state index in [4.69, 9.17) is 0 Å². The SMILES string of the molecule is C[C@@H](C(=O)Nc1cccc([N+](=O)[O-])c1)N(c1ccc(F)cc1)S(C)(=O)=O. The van der Waals surface area contributed by atoms with Gasteiger partial charge in [-0.3, -0.25) is 19.2 Å². The van der Waals surface area contributed by atoms with E-state index in [0.717, 1.165) is 28.8 Å². The zero-order chi connectivity index (χ0) is 19.5. The molecule has 1 N–H and O–H groups in total. The molecule has 138 valence electrons. The van der Waals surface area contributed by atoms with Crippen LogP contribution < -0.4 is 9.62 Å². The van der Waals surface area contributed by atoms with Crippen LogP contribution in [0.1, 0.15) is 6.92 Å². The van der Waals surface area contributed by atoms with E-state index in [1.165, 1.54) is 37.3 Å². The fraction of sp³-hybridized carbons (Fsp3) is 0.188. The number of non-ortho nitro benzene ring substituents is 1. The minimum atomic E-state index is -3.85. The summed E-state index contributed by atoms with van der Waals surface area (Å²) in [5, 5.41) is 13.2. The van der Waals surface area contributed by atoms with Crippen molar-refractivity contribution in [3.63, 3.8) is 0 Å². The van der Waals surface area contributed by atoms with Crippen molar-refractivity contribution in [1.29, 1.82) is 0 Å². The number of halogens is 1. The van der Waals surface area contributed by atoms with Crippen molar-refractivity contribution in [2.75, 3.05) is 15.9 Å². The molecular weight excluding hydrogens is 365 g/mol. The molecule has 0 aliphatic carbocycles. The first-order valence-corrected chi connectivity index (χ1v) is 9.24. The number of sulfonamides is 1. The van der Waals surface area contributed by atoms with Crippen LogP contribution in [0.3, 0.4) is 0 Å². The standard InChI is InChI=1S/C16H16FN3O5S/c1-11(16(21)18-13-4-3-5-15(10-13)20(22)23)19(26(2,24)25)14-8-6-12(17)7-9-14/h3-11H,1-2H3,(H,18,21)/t11-/m0/s1. The van der Waals surface area contributed by atoms with E-state index in [9.17, 15) is 27.7 Å². The van der Waals surface area contributed by atoms with E-state index in [1.807, 2.05) is 0 Å². The van der Waals surface area contributed by atoms with E-state index in [1.54, 1.807) is 0 Å². The molecule has 1 atom stereocenters. The van der Waals surface area contributed by atoms with Gasteiger partial charge in [-0.25, -0.2) is 12.8 Å². The molecule has 0 aliphatic heterocycles. The van der Waals surface area contributed by atoms with Crippen LogP contribution in [-0.2, 0) is 14.8 Å². The Labute approximate surface area is 149 Å². The maximum absolute atomic E-state index is 13.1. The summed E-state index contributed by atoms with van der Waals surface area (Å²) in [5.41, 5.74) is 0.0631. The highest BCUT2D eigenvalue weighted by atomic mass is 32.2. The molecule has 2 rings (SSSR count). The maximum Gasteiger partial charge on any atom is 0.271 e. The number of nitrogens with zero attached hydrogens (tertiary/aromatic N) is 2. The van der Waals surface area contributed by atoms with Crippen LogP contribution in [0.25, 0.3) is 0 Å². The van der Waals surface area contributed by atoms with Gasteiger partial charge in [0, 0.05) is 17.8 Å². The van der Waals surface area contributed by atoms with E-state index in [2.05, 4.69) is 5.32 Å². The smallest absolute Gasteiger partial charge is 0.271 e. The Kier molecular flexibility index (Phi) is 5.56. The molecule has 0 fully saturated rings. The second-order valence-corrected chi connectivity index (χ2v) is 7.37. The lowest BCUT2D eigenvalue weighted by molar-refractivity contribution is -0.384. The van der Waals surface area contributed by atoms with Crippen molar-refractivity contribution < 1.29 is 22.5 Å². The highest BCUT2D eigenvalue weighted by molar-refractivity contribution is 7.92. The predicted octanol–water partition coefficient (Wildman–Crippen LogP) is 2.53. The van der Waals surface area contributed by atoms with Gasteiger partial charge in [0.15, 0.2) is 0 Å². The van der Waals surface area contributed by atoms with Gasteiger partial charge >= 0.3 is 0 Å². The number of nitro groups is 1. The van der Waals surface area contributed by atoms with E-state index in [-0.39, 0.29) is 17.1 Å². The van der Waals surface area contributed by atoms with Crippen molar-refractivity contribution in [1.82, 2.24) is 0 Å². The number of amides is 1. The number of anilines is 2. The van der Waals surface area contributed by atoms with Gasteiger partial charge < -0.3 is 5.32 Å². The molecule has 0 aromatic heterocycles. The topological polar surface area (TPSA) is 110 Å². The van der Waals surface area contributed by atoms with Crippen LogP contribution in [0.2, 0.25) is 0 Å². The Morgan fingerprint density at radius 3 is 2.38 bits per heavy atom. The first kappa shape index (κ1) is 19.3. The zero-order valence-electron chi connectivity index (χ0n) is 13.9. The number of hydrogen-bond donors (Lipinski definition) is 1. The Hall–Kier alpha value is -3.01. The Morgan fingerprint density at radius 2 is 1.85 bits per heavy atom. The monoisotopic (exact) mass is 381 g/mol. The third-order valence-electron chi connectivity index (χ3n) is 3.49. The van der Waals surface area contributed by atoms with Gasteiger partial charge in [0.2, 0.25) is 15.9 Å². The summed E-state index contributed by atoms with van der Waals surface area (Å²) >= 11 is 0. The van der Waals surface area contributed by atoms with Gasteiger partial charge in [0.05, 0.1) is 16.9 Å². The Balaban J connectivity index is 2.29. The molecule has 26 heavy (non-hydrogen) atoms. The number of benzene rings is 2. The summed E-state index contributed by atoms with van der Waals surface area (Å²) in [5.74, 6) is -1.24. The molecule has 0 radical (unpaired) electrons. The molecule has 0 aliphatic rings. The number of nitrogens with one attached hydrogen (secondary N) is 1. The molecule has 0 saturated carbocycles. The molecule has 0 unspecified atom stereocenters. The van der Waals surface area contributed by atoms with Gasteiger partial charge in [0.25, 0.3) is 5.69 Å². The summed E-state index contributed by atoms with van der Waals surface area (Å²) in [6.45, 7) is 1.36. The number of carbonyl (C=O) groups excluding carboxylic acids is 1. The minimum Gasteiger partial charge on any atom is -0.324 e. The average molecular weight is 381 g/mol. The lowest BCUT2D eigenvalue weighted by atomic mass is 10.2. The van der Waals surface area contributed by atoms with E-state index >= 15 is 0 Å². The molecule has 2 aromatic carbocycles. The number of hydrogen-bond acceptors (Lipinski definition) is 5. The van der Waals surface area contributed by atoms with Gasteiger partial charge in [-0.15, -0.1) is 0 Å². The lowest BCUT2D eigenvalue weighted by Crippen LogP contribution is -2.45.